The highest BCUT2D eigenvalue weighted by Gasteiger charge is 2.25. The zero-order valence-electron chi connectivity index (χ0n) is 20.0. The Morgan fingerprint density at radius 1 is 1.06 bits per heavy atom. The molecule has 1 aliphatic rings. The third-order valence-electron chi connectivity index (χ3n) is 6.57. The monoisotopic (exact) mass is 436 g/mol. The Labute approximate surface area is 192 Å². The number of piperazine rings is 1. The van der Waals surface area contributed by atoms with Gasteiger partial charge in [0.15, 0.2) is 5.78 Å². The molecule has 32 heavy (non-hydrogen) atoms. The van der Waals surface area contributed by atoms with Crippen molar-refractivity contribution in [2.45, 2.75) is 46.6 Å². The number of hydrogen-bond acceptors (Lipinski definition) is 5. The summed E-state index contributed by atoms with van der Waals surface area (Å²) in [6.07, 6.45) is 3.44. The highest BCUT2D eigenvalue weighted by Crippen LogP contribution is 2.25. The number of anilines is 1. The van der Waals surface area contributed by atoms with Crippen molar-refractivity contribution in [2.75, 3.05) is 38.1 Å². The van der Waals surface area contributed by atoms with Gasteiger partial charge in [-0.2, -0.15) is 0 Å². The van der Waals surface area contributed by atoms with E-state index in [4.69, 9.17) is 0 Å². The summed E-state index contributed by atoms with van der Waals surface area (Å²) in [5, 5.41) is 2.95. The maximum Gasteiger partial charge on any atom is 0.251 e. The third kappa shape index (κ3) is 5.94. The molecule has 3 rings (SSSR count). The predicted molar refractivity (Wildman–Crippen MR) is 129 cm³/mol. The highest BCUT2D eigenvalue weighted by molar-refractivity contribution is 5.97. The number of benzene rings is 1. The molecule has 0 saturated carbocycles. The smallest absolute Gasteiger partial charge is 0.251 e. The van der Waals surface area contributed by atoms with Crippen LogP contribution < -0.4 is 10.2 Å². The van der Waals surface area contributed by atoms with Gasteiger partial charge in [-0.1, -0.05) is 24.6 Å². The van der Waals surface area contributed by atoms with Gasteiger partial charge in [0.1, 0.15) is 0 Å². The number of likely N-dealkylation sites (N-methyl/N-ethyl adjacent to an activating group) is 1. The molecule has 0 bridgehead atoms. The van der Waals surface area contributed by atoms with Crippen molar-refractivity contribution in [1.82, 2.24) is 15.2 Å². The first-order valence-electron chi connectivity index (χ1n) is 11.5. The van der Waals surface area contributed by atoms with Gasteiger partial charge in [-0.25, -0.2) is 0 Å². The van der Waals surface area contributed by atoms with Crippen LogP contribution in [0.1, 0.15) is 47.4 Å². The van der Waals surface area contributed by atoms with E-state index in [1.807, 2.05) is 32.2 Å². The minimum absolute atomic E-state index is 0.00962. The fourth-order valence-corrected chi connectivity index (χ4v) is 4.31. The first kappa shape index (κ1) is 23.9. The number of amides is 1. The van der Waals surface area contributed by atoms with Gasteiger partial charge in [0.2, 0.25) is 0 Å². The lowest BCUT2D eigenvalue weighted by Crippen LogP contribution is -2.45. The van der Waals surface area contributed by atoms with Crippen LogP contribution in [0.15, 0.2) is 36.5 Å². The lowest BCUT2D eigenvalue weighted by molar-refractivity contribution is -0.119. The van der Waals surface area contributed by atoms with Gasteiger partial charge in [-0.15, -0.1) is 0 Å². The largest absolute Gasteiger partial charge is 0.369 e. The standard InChI is InChI=1S/C26H36N4O2/c1-18-6-9-22(10-7-18)26(32)28-25(21(4)31)19(2)8-11-23-20(3)24(12-13-27-23)30-16-14-29(5)15-17-30/h6-7,9-10,12-13,19,25H,8,11,14-17H2,1-5H3,(H,28,32)/t19-,25+/m1/s1. The Morgan fingerprint density at radius 3 is 2.34 bits per heavy atom. The number of hydrogen-bond donors (Lipinski definition) is 1. The van der Waals surface area contributed by atoms with E-state index in [0.717, 1.165) is 50.3 Å². The fourth-order valence-electron chi connectivity index (χ4n) is 4.31. The second-order valence-corrected chi connectivity index (χ2v) is 9.14. The molecule has 0 spiro atoms. The zero-order chi connectivity index (χ0) is 23.3. The SMILES string of the molecule is CC(=O)[C@@H](NC(=O)c1ccc(C)cc1)[C@H](C)CCc1nccc(N2CCN(C)CC2)c1C. The molecule has 1 fully saturated rings. The number of Topliss-reactive ketones (excluding diaryl/α,β-unsaturated/α-hetero) is 1. The van der Waals surface area contributed by atoms with Crippen molar-refractivity contribution in [3.8, 4) is 0 Å². The number of aromatic nitrogens is 1. The van der Waals surface area contributed by atoms with Gasteiger partial charge in [0.25, 0.3) is 5.91 Å². The lowest BCUT2D eigenvalue weighted by atomic mass is 9.91. The molecule has 2 atom stereocenters. The van der Waals surface area contributed by atoms with Crippen molar-refractivity contribution in [2.24, 2.45) is 5.92 Å². The van der Waals surface area contributed by atoms with E-state index in [0.29, 0.717) is 5.56 Å². The summed E-state index contributed by atoms with van der Waals surface area (Å²) in [6, 6.07) is 9.00. The first-order valence-corrected chi connectivity index (χ1v) is 11.5. The normalized spacial score (nSPS) is 16.5. The van der Waals surface area contributed by atoms with E-state index in [-0.39, 0.29) is 17.6 Å². The van der Waals surface area contributed by atoms with Crippen molar-refractivity contribution < 1.29 is 9.59 Å². The van der Waals surface area contributed by atoms with Crippen LogP contribution in [-0.4, -0.2) is 60.8 Å². The summed E-state index contributed by atoms with van der Waals surface area (Å²) in [5.74, 6) is -0.215. The zero-order valence-corrected chi connectivity index (χ0v) is 20.0. The van der Waals surface area contributed by atoms with Crippen LogP contribution in [0.4, 0.5) is 5.69 Å². The summed E-state index contributed by atoms with van der Waals surface area (Å²) >= 11 is 0. The number of carbonyl (C=O) groups is 2. The molecule has 1 N–H and O–H groups in total. The quantitative estimate of drug-likeness (QED) is 0.687. The highest BCUT2D eigenvalue weighted by atomic mass is 16.2. The number of aryl methyl sites for hydroxylation is 2. The van der Waals surface area contributed by atoms with E-state index in [1.165, 1.54) is 11.3 Å². The Morgan fingerprint density at radius 2 is 1.72 bits per heavy atom. The molecule has 6 heteroatoms. The van der Waals surface area contributed by atoms with Crippen LogP contribution in [0.5, 0.6) is 0 Å². The summed E-state index contributed by atoms with van der Waals surface area (Å²) < 4.78 is 0. The molecule has 1 saturated heterocycles. The van der Waals surface area contributed by atoms with Crippen molar-refractivity contribution >= 4 is 17.4 Å². The molecular weight excluding hydrogens is 400 g/mol. The molecule has 2 aromatic rings. The van der Waals surface area contributed by atoms with Crippen LogP contribution in [0.25, 0.3) is 0 Å². The topological polar surface area (TPSA) is 65.5 Å². The van der Waals surface area contributed by atoms with Crippen LogP contribution in [0.2, 0.25) is 0 Å². The summed E-state index contributed by atoms with van der Waals surface area (Å²) in [5.41, 5.74) is 5.21. The Kier molecular flexibility index (Phi) is 8.02. The number of nitrogens with zero attached hydrogens (tertiary/aromatic N) is 3. The van der Waals surface area contributed by atoms with Crippen LogP contribution in [0.3, 0.4) is 0 Å². The van der Waals surface area contributed by atoms with Gasteiger partial charge in [0, 0.05) is 49.3 Å². The van der Waals surface area contributed by atoms with Crippen LogP contribution in [-0.2, 0) is 11.2 Å². The predicted octanol–water partition coefficient (Wildman–Crippen LogP) is 3.41. The lowest BCUT2D eigenvalue weighted by Gasteiger charge is -2.35. The summed E-state index contributed by atoms with van der Waals surface area (Å²) in [6.45, 7) is 11.9. The second-order valence-electron chi connectivity index (χ2n) is 9.14. The molecule has 1 aromatic heterocycles. The van der Waals surface area contributed by atoms with Gasteiger partial charge >= 0.3 is 0 Å². The molecule has 1 amide bonds. The number of ketones is 1. The fraction of sp³-hybridized carbons (Fsp3) is 0.500. The van der Waals surface area contributed by atoms with E-state index in [1.54, 1.807) is 19.1 Å². The Hall–Kier alpha value is -2.73. The van der Waals surface area contributed by atoms with Gasteiger partial charge in [-0.05, 0) is 70.3 Å². The first-order chi connectivity index (χ1) is 15.3. The molecule has 172 valence electrons. The summed E-state index contributed by atoms with van der Waals surface area (Å²) in [4.78, 5) is 34.4. The molecule has 0 unspecified atom stereocenters. The Balaban J connectivity index is 1.64. The summed E-state index contributed by atoms with van der Waals surface area (Å²) in [7, 11) is 2.16. The maximum atomic E-state index is 12.7. The van der Waals surface area contributed by atoms with Crippen LogP contribution >= 0.6 is 0 Å². The van der Waals surface area contributed by atoms with Crippen molar-refractivity contribution in [3.63, 3.8) is 0 Å². The number of pyridine rings is 1. The van der Waals surface area contributed by atoms with E-state index < -0.39 is 6.04 Å². The minimum Gasteiger partial charge on any atom is -0.369 e. The maximum absolute atomic E-state index is 12.7. The third-order valence-corrected chi connectivity index (χ3v) is 6.57. The molecular formula is C26H36N4O2. The number of carbonyl (C=O) groups excluding carboxylic acids is 2. The van der Waals surface area contributed by atoms with E-state index in [9.17, 15) is 9.59 Å². The van der Waals surface area contributed by atoms with Gasteiger partial charge in [0.05, 0.1) is 6.04 Å². The molecule has 6 nitrogen and oxygen atoms in total. The van der Waals surface area contributed by atoms with Crippen LogP contribution in [0, 0.1) is 19.8 Å². The second kappa shape index (κ2) is 10.7. The number of nitrogens with one attached hydrogen (secondary N) is 1. The van der Waals surface area contributed by atoms with Crippen molar-refractivity contribution in [3.05, 3.63) is 58.9 Å². The van der Waals surface area contributed by atoms with Gasteiger partial charge < -0.3 is 15.1 Å². The molecule has 0 radical (unpaired) electrons. The number of rotatable bonds is 8. The van der Waals surface area contributed by atoms with E-state index >= 15 is 0 Å². The van der Waals surface area contributed by atoms with E-state index in [2.05, 4.69) is 40.1 Å². The average Bonchev–Trinajstić information content (AvgIpc) is 2.77. The average molecular weight is 437 g/mol. The Bertz CT molecular complexity index is 933. The molecule has 1 aromatic carbocycles. The van der Waals surface area contributed by atoms with Gasteiger partial charge in [-0.3, -0.25) is 14.6 Å². The molecule has 2 heterocycles. The molecule has 0 aliphatic carbocycles. The molecule has 1 aliphatic heterocycles. The van der Waals surface area contributed by atoms with Crippen molar-refractivity contribution in [1.29, 1.82) is 0 Å². The minimum atomic E-state index is -0.509.